The minimum atomic E-state index is -0.0603. The second-order valence-corrected chi connectivity index (χ2v) is 6.00. The Morgan fingerprint density at radius 3 is 2.91 bits per heavy atom. The molecule has 0 atom stereocenters. The monoisotopic (exact) mass is 312 g/mol. The van der Waals surface area contributed by atoms with Crippen LogP contribution in [-0.4, -0.2) is 39.0 Å². The van der Waals surface area contributed by atoms with Gasteiger partial charge in [-0.05, 0) is 23.6 Å². The second kappa shape index (κ2) is 5.34. The lowest BCUT2D eigenvalue weighted by molar-refractivity contribution is 0.0563. The molecule has 110 valence electrons. The minimum absolute atomic E-state index is 0.0603. The van der Waals surface area contributed by atoms with Gasteiger partial charge >= 0.3 is 0 Å². The average Bonchev–Trinajstić information content (AvgIpc) is 3.17. The molecule has 0 N–H and O–H groups in total. The number of likely N-dealkylation sites (tertiary alicyclic amines) is 1. The lowest BCUT2D eigenvalue weighted by Crippen LogP contribution is -2.48. The average molecular weight is 312 g/mol. The van der Waals surface area contributed by atoms with Gasteiger partial charge in [0.1, 0.15) is 5.69 Å². The molecule has 0 aliphatic carbocycles. The molecule has 1 amide bonds. The van der Waals surface area contributed by atoms with Crippen LogP contribution in [0, 0.1) is 0 Å². The van der Waals surface area contributed by atoms with E-state index < -0.39 is 0 Å². The fraction of sp³-hybridized carbons (Fsp3) is 0.200. The maximum Gasteiger partial charge on any atom is 0.272 e. The zero-order valence-electron chi connectivity index (χ0n) is 11.5. The van der Waals surface area contributed by atoms with E-state index in [1.54, 1.807) is 34.6 Å². The number of pyridine rings is 1. The van der Waals surface area contributed by atoms with Gasteiger partial charge in [0, 0.05) is 19.3 Å². The number of carbonyl (C=O) groups excluding carboxylic acids is 1. The summed E-state index contributed by atoms with van der Waals surface area (Å²) in [4.78, 5) is 23.4. The van der Waals surface area contributed by atoms with E-state index in [-0.39, 0.29) is 11.8 Å². The summed E-state index contributed by atoms with van der Waals surface area (Å²) in [5, 5.41) is 5.97. The van der Waals surface area contributed by atoms with Crippen molar-refractivity contribution in [1.82, 2.24) is 20.0 Å². The Morgan fingerprint density at radius 1 is 1.27 bits per heavy atom. The van der Waals surface area contributed by atoms with Crippen LogP contribution in [0.15, 0.2) is 46.4 Å². The van der Waals surface area contributed by atoms with Gasteiger partial charge in [0.25, 0.3) is 5.91 Å². The molecule has 0 spiro atoms. The topological polar surface area (TPSA) is 72.1 Å². The lowest BCUT2D eigenvalue weighted by atomic mass is 9.99. The van der Waals surface area contributed by atoms with Gasteiger partial charge in [-0.1, -0.05) is 17.3 Å². The number of thiophene rings is 1. The highest BCUT2D eigenvalue weighted by molar-refractivity contribution is 7.13. The number of hydrogen-bond acceptors (Lipinski definition) is 6. The third-order valence-electron chi connectivity index (χ3n) is 3.59. The maximum absolute atomic E-state index is 12.2. The first-order valence-electron chi connectivity index (χ1n) is 6.89. The van der Waals surface area contributed by atoms with Crippen molar-refractivity contribution in [3.8, 4) is 10.7 Å². The predicted octanol–water partition coefficient (Wildman–Crippen LogP) is 2.43. The maximum atomic E-state index is 12.2. The van der Waals surface area contributed by atoms with E-state index in [9.17, 15) is 4.79 Å². The van der Waals surface area contributed by atoms with E-state index in [4.69, 9.17) is 4.52 Å². The molecule has 0 unspecified atom stereocenters. The molecule has 3 aromatic heterocycles. The van der Waals surface area contributed by atoms with Gasteiger partial charge in [-0.15, -0.1) is 11.3 Å². The Bertz CT molecular complexity index is 779. The highest BCUT2D eigenvalue weighted by Crippen LogP contribution is 2.29. The molecule has 22 heavy (non-hydrogen) atoms. The Morgan fingerprint density at radius 2 is 2.18 bits per heavy atom. The number of carbonyl (C=O) groups is 1. The van der Waals surface area contributed by atoms with E-state index in [1.807, 2.05) is 23.6 Å². The minimum Gasteiger partial charge on any atom is -0.339 e. The van der Waals surface area contributed by atoms with Crippen molar-refractivity contribution in [2.75, 3.05) is 13.1 Å². The molecule has 0 saturated carbocycles. The SMILES string of the molecule is O=C(c1ccccn1)N1CC(c2nc(-c3cccs3)no2)C1. The summed E-state index contributed by atoms with van der Waals surface area (Å²) in [6.07, 6.45) is 1.62. The molecule has 1 fully saturated rings. The van der Waals surface area contributed by atoms with Crippen LogP contribution in [0.25, 0.3) is 10.7 Å². The van der Waals surface area contributed by atoms with Gasteiger partial charge < -0.3 is 9.42 Å². The molecule has 3 aromatic rings. The molecule has 4 heterocycles. The summed E-state index contributed by atoms with van der Waals surface area (Å²) in [6, 6.07) is 9.23. The van der Waals surface area contributed by atoms with Crippen molar-refractivity contribution in [2.24, 2.45) is 0 Å². The molecular formula is C15H12N4O2S. The van der Waals surface area contributed by atoms with E-state index >= 15 is 0 Å². The van der Waals surface area contributed by atoms with Crippen molar-refractivity contribution in [3.63, 3.8) is 0 Å². The third kappa shape index (κ3) is 2.29. The fourth-order valence-electron chi connectivity index (χ4n) is 2.36. The van der Waals surface area contributed by atoms with E-state index in [2.05, 4.69) is 15.1 Å². The standard InChI is InChI=1S/C15H12N4O2S/c20-15(11-4-1-2-6-16-11)19-8-10(9-19)14-17-13(18-21-14)12-5-3-7-22-12/h1-7,10H,8-9H2. The normalized spacial score (nSPS) is 14.8. The first-order valence-corrected chi connectivity index (χ1v) is 7.77. The van der Waals surface area contributed by atoms with Crippen LogP contribution >= 0.6 is 11.3 Å². The van der Waals surface area contributed by atoms with Crippen LogP contribution in [0.5, 0.6) is 0 Å². The van der Waals surface area contributed by atoms with Crippen molar-refractivity contribution in [2.45, 2.75) is 5.92 Å². The van der Waals surface area contributed by atoms with Crippen LogP contribution in [0.4, 0.5) is 0 Å². The summed E-state index contributed by atoms with van der Waals surface area (Å²) < 4.78 is 5.32. The van der Waals surface area contributed by atoms with Crippen LogP contribution in [-0.2, 0) is 0 Å². The number of hydrogen-bond donors (Lipinski definition) is 0. The zero-order chi connectivity index (χ0) is 14.9. The lowest BCUT2D eigenvalue weighted by Gasteiger charge is -2.36. The van der Waals surface area contributed by atoms with Crippen molar-refractivity contribution in [3.05, 3.63) is 53.5 Å². The van der Waals surface area contributed by atoms with Gasteiger partial charge in [-0.3, -0.25) is 9.78 Å². The number of rotatable bonds is 3. The molecule has 1 aliphatic rings. The van der Waals surface area contributed by atoms with Crippen LogP contribution in [0.2, 0.25) is 0 Å². The Kier molecular flexibility index (Phi) is 3.19. The third-order valence-corrected chi connectivity index (χ3v) is 4.45. The largest absolute Gasteiger partial charge is 0.339 e. The van der Waals surface area contributed by atoms with Crippen LogP contribution in [0.3, 0.4) is 0 Å². The summed E-state index contributed by atoms with van der Waals surface area (Å²) in [5.41, 5.74) is 0.464. The van der Waals surface area contributed by atoms with E-state index in [0.717, 1.165) is 4.88 Å². The van der Waals surface area contributed by atoms with E-state index in [0.29, 0.717) is 30.5 Å². The van der Waals surface area contributed by atoms with Gasteiger partial charge in [-0.2, -0.15) is 4.98 Å². The fourth-order valence-corrected chi connectivity index (χ4v) is 3.01. The molecule has 0 radical (unpaired) electrons. The zero-order valence-corrected chi connectivity index (χ0v) is 12.4. The molecule has 0 bridgehead atoms. The number of nitrogens with zero attached hydrogens (tertiary/aromatic N) is 4. The van der Waals surface area contributed by atoms with Crippen LogP contribution < -0.4 is 0 Å². The van der Waals surface area contributed by atoms with E-state index in [1.165, 1.54) is 0 Å². The van der Waals surface area contributed by atoms with Gasteiger partial charge in [0.2, 0.25) is 11.7 Å². The molecule has 1 aliphatic heterocycles. The molecule has 4 rings (SSSR count). The molecule has 1 saturated heterocycles. The van der Waals surface area contributed by atoms with Crippen molar-refractivity contribution in [1.29, 1.82) is 0 Å². The summed E-state index contributed by atoms with van der Waals surface area (Å²) in [5.74, 6) is 1.25. The quantitative estimate of drug-likeness (QED) is 0.742. The molecule has 6 nitrogen and oxygen atoms in total. The smallest absolute Gasteiger partial charge is 0.272 e. The summed E-state index contributed by atoms with van der Waals surface area (Å²) in [7, 11) is 0. The second-order valence-electron chi connectivity index (χ2n) is 5.06. The highest BCUT2D eigenvalue weighted by Gasteiger charge is 2.36. The van der Waals surface area contributed by atoms with Crippen LogP contribution in [0.1, 0.15) is 22.3 Å². The Hall–Kier alpha value is -2.54. The molecule has 7 heteroatoms. The van der Waals surface area contributed by atoms with Gasteiger partial charge in [0.05, 0.1) is 10.8 Å². The first kappa shape index (κ1) is 13.1. The number of aromatic nitrogens is 3. The Labute approximate surface area is 130 Å². The van der Waals surface area contributed by atoms with Crippen molar-refractivity contribution < 1.29 is 9.32 Å². The predicted molar refractivity (Wildman–Crippen MR) is 80.5 cm³/mol. The van der Waals surface area contributed by atoms with Crippen molar-refractivity contribution >= 4 is 17.2 Å². The molecule has 0 aromatic carbocycles. The highest BCUT2D eigenvalue weighted by atomic mass is 32.1. The van der Waals surface area contributed by atoms with Gasteiger partial charge in [0.15, 0.2) is 0 Å². The summed E-state index contributed by atoms with van der Waals surface area (Å²) in [6.45, 7) is 1.17. The summed E-state index contributed by atoms with van der Waals surface area (Å²) >= 11 is 1.57. The number of amides is 1. The molecular weight excluding hydrogens is 300 g/mol. The Balaban J connectivity index is 1.42. The first-order chi connectivity index (χ1) is 10.8. The van der Waals surface area contributed by atoms with Gasteiger partial charge in [-0.25, -0.2) is 0 Å².